The molecule has 0 fully saturated rings. The number of carbonyl (C=O) groups is 1. The Morgan fingerprint density at radius 1 is 1.08 bits per heavy atom. The molecule has 4 N–H and O–H groups in total. The summed E-state index contributed by atoms with van der Waals surface area (Å²) < 4.78 is 27.5. The number of carbonyl (C=O) groups excluding carboxylic acids is 1. The van der Waals surface area contributed by atoms with Gasteiger partial charge in [-0.05, 0) is 24.1 Å². The Bertz CT molecular complexity index is 762. The Morgan fingerprint density at radius 2 is 1.75 bits per heavy atom. The zero-order chi connectivity index (χ0) is 16.9. The van der Waals surface area contributed by atoms with Crippen molar-refractivity contribution >= 4 is 28.3 Å². The third-order valence-corrected chi connectivity index (χ3v) is 4.05. The lowest BCUT2D eigenvalue weighted by atomic mass is 10.1. The van der Waals surface area contributed by atoms with Crippen LogP contribution in [0.5, 0.6) is 0 Å². The van der Waals surface area contributed by atoms with E-state index in [4.69, 9.17) is 15.3 Å². The Labute approximate surface area is 147 Å². The van der Waals surface area contributed by atoms with Crippen LogP contribution in [0.25, 0.3) is 0 Å². The molecule has 24 heavy (non-hydrogen) atoms. The van der Waals surface area contributed by atoms with E-state index in [0.717, 1.165) is 5.56 Å². The summed E-state index contributed by atoms with van der Waals surface area (Å²) in [5.41, 5.74) is 6.64. The lowest BCUT2D eigenvalue weighted by Crippen LogP contribution is -2.36. The maximum Gasteiger partial charge on any atom is 0.289 e. The first-order valence-corrected chi connectivity index (χ1v) is 8.62. The summed E-state index contributed by atoms with van der Waals surface area (Å²) in [4.78, 5) is 14.0. The molecule has 0 saturated heterocycles. The zero-order valence-electron chi connectivity index (χ0n) is 12.9. The van der Waals surface area contributed by atoms with E-state index in [2.05, 4.69) is 0 Å². The predicted octanol–water partition coefficient (Wildman–Crippen LogP) is 0.992. The molecule has 7 nitrogen and oxygen atoms in total. The number of benzene rings is 1. The predicted molar refractivity (Wildman–Crippen MR) is 92.4 cm³/mol. The smallest absolute Gasteiger partial charge is 0.289 e. The van der Waals surface area contributed by atoms with Gasteiger partial charge in [0, 0.05) is 19.6 Å². The molecule has 132 valence electrons. The molecule has 0 aliphatic heterocycles. The monoisotopic (exact) mass is 373 g/mol. The molecule has 1 amide bonds. The fourth-order valence-corrected chi connectivity index (χ4v) is 2.59. The van der Waals surface area contributed by atoms with Crippen molar-refractivity contribution in [1.82, 2.24) is 4.90 Å². The highest BCUT2D eigenvalue weighted by Gasteiger charge is 2.21. The van der Waals surface area contributed by atoms with Gasteiger partial charge in [-0.3, -0.25) is 4.79 Å². The second kappa shape index (κ2) is 8.84. The quantitative estimate of drug-likeness (QED) is 0.749. The second-order valence-corrected chi connectivity index (χ2v) is 6.47. The number of sulfonamides is 1. The van der Waals surface area contributed by atoms with Crippen LogP contribution in [0.4, 0.5) is 0 Å². The van der Waals surface area contributed by atoms with Gasteiger partial charge in [0.15, 0.2) is 5.76 Å². The normalized spacial score (nSPS) is 10.9. The van der Waals surface area contributed by atoms with Crippen LogP contribution in [-0.4, -0.2) is 38.9 Å². The highest BCUT2D eigenvalue weighted by molar-refractivity contribution is 7.89. The Hall–Kier alpha value is -1.87. The molecule has 0 atom stereocenters. The third-order valence-electron chi connectivity index (χ3n) is 3.27. The van der Waals surface area contributed by atoms with Gasteiger partial charge >= 0.3 is 0 Å². The highest BCUT2D eigenvalue weighted by Crippen LogP contribution is 2.14. The summed E-state index contributed by atoms with van der Waals surface area (Å²) in [7, 11) is -3.97. The van der Waals surface area contributed by atoms with E-state index >= 15 is 0 Å². The maximum atomic E-state index is 12.4. The van der Waals surface area contributed by atoms with Gasteiger partial charge in [-0.25, -0.2) is 13.6 Å². The topological polar surface area (TPSA) is 120 Å². The summed E-state index contributed by atoms with van der Waals surface area (Å²) in [6.07, 6.45) is 0.662. The average molecular weight is 374 g/mol. The average Bonchev–Trinajstić information content (AvgIpc) is 3.02. The molecule has 1 heterocycles. The van der Waals surface area contributed by atoms with Crippen LogP contribution in [-0.2, 0) is 16.4 Å². The molecule has 9 heteroatoms. The summed E-state index contributed by atoms with van der Waals surface area (Å²) >= 11 is 0. The number of amides is 1. The van der Waals surface area contributed by atoms with Crippen LogP contribution >= 0.6 is 12.4 Å². The van der Waals surface area contributed by atoms with Crippen molar-refractivity contribution in [2.24, 2.45) is 10.9 Å². The number of hydrogen-bond donors (Lipinski definition) is 2. The summed E-state index contributed by atoms with van der Waals surface area (Å²) in [5.74, 6) is -0.489. The van der Waals surface area contributed by atoms with E-state index in [1.807, 2.05) is 30.3 Å². The first kappa shape index (κ1) is 20.2. The Balaban J connectivity index is 0.00000288. The Kier molecular flexibility index (Phi) is 7.43. The number of primary sulfonamides is 1. The first-order valence-electron chi connectivity index (χ1n) is 7.07. The summed E-state index contributed by atoms with van der Waals surface area (Å²) in [5, 5.41) is 4.54. The highest BCUT2D eigenvalue weighted by atomic mass is 35.5. The van der Waals surface area contributed by atoms with Crippen molar-refractivity contribution < 1.29 is 17.6 Å². The van der Waals surface area contributed by atoms with Gasteiger partial charge in [-0.2, -0.15) is 0 Å². The zero-order valence-corrected chi connectivity index (χ0v) is 14.6. The first-order chi connectivity index (χ1) is 10.9. The molecule has 0 aliphatic rings. The third kappa shape index (κ3) is 5.34. The molecular formula is C15H20ClN3O4S. The van der Waals surface area contributed by atoms with E-state index in [1.165, 1.54) is 17.0 Å². The molecule has 0 spiro atoms. The number of halogens is 1. The molecule has 0 saturated carbocycles. The van der Waals surface area contributed by atoms with Gasteiger partial charge in [-0.15, -0.1) is 12.4 Å². The lowest BCUT2D eigenvalue weighted by molar-refractivity contribution is 0.0724. The number of nitrogens with zero attached hydrogens (tertiary/aromatic N) is 1. The van der Waals surface area contributed by atoms with Gasteiger partial charge < -0.3 is 15.1 Å². The summed E-state index contributed by atoms with van der Waals surface area (Å²) in [6.45, 7) is 1.09. The fourth-order valence-electron chi connectivity index (χ4n) is 2.12. The van der Waals surface area contributed by atoms with Gasteiger partial charge in [0.1, 0.15) is 0 Å². The van der Waals surface area contributed by atoms with E-state index in [0.29, 0.717) is 26.1 Å². The molecular weight excluding hydrogens is 354 g/mol. The largest absolute Gasteiger partial charge is 0.438 e. The van der Waals surface area contributed by atoms with Gasteiger partial charge in [0.25, 0.3) is 15.9 Å². The molecule has 2 aromatic rings. The molecule has 1 aromatic heterocycles. The summed E-state index contributed by atoms with van der Waals surface area (Å²) in [6, 6.07) is 12.2. The minimum atomic E-state index is -3.97. The van der Waals surface area contributed by atoms with Crippen molar-refractivity contribution in [3.05, 3.63) is 53.8 Å². The fraction of sp³-hybridized carbons (Fsp3) is 0.267. The number of nitrogens with two attached hydrogens (primary N) is 2. The van der Waals surface area contributed by atoms with Crippen LogP contribution in [0.3, 0.4) is 0 Å². The standard InChI is InChI=1S/C15H19N3O4S.ClH/c16-9-11-18(10-8-12-4-2-1-3-5-12)15(19)13-6-7-14(22-13)23(17,20)21;/h1-7H,8-11,16H2,(H2,17,20,21);1H. The van der Waals surface area contributed by atoms with E-state index in [9.17, 15) is 13.2 Å². The molecule has 0 aliphatic carbocycles. The molecule has 0 bridgehead atoms. The minimum Gasteiger partial charge on any atom is -0.438 e. The van der Waals surface area contributed by atoms with Crippen molar-refractivity contribution in [2.45, 2.75) is 11.5 Å². The van der Waals surface area contributed by atoms with E-state index < -0.39 is 21.0 Å². The van der Waals surface area contributed by atoms with Crippen molar-refractivity contribution in [3.8, 4) is 0 Å². The van der Waals surface area contributed by atoms with Crippen LogP contribution in [0.1, 0.15) is 16.1 Å². The van der Waals surface area contributed by atoms with Crippen LogP contribution in [0.2, 0.25) is 0 Å². The van der Waals surface area contributed by atoms with Crippen LogP contribution in [0.15, 0.2) is 52.0 Å². The van der Waals surface area contributed by atoms with Crippen LogP contribution in [0, 0.1) is 0 Å². The molecule has 2 rings (SSSR count). The number of rotatable bonds is 7. The van der Waals surface area contributed by atoms with Crippen molar-refractivity contribution in [1.29, 1.82) is 0 Å². The van der Waals surface area contributed by atoms with Crippen molar-refractivity contribution in [2.75, 3.05) is 19.6 Å². The molecule has 1 aromatic carbocycles. The molecule has 0 unspecified atom stereocenters. The second-order valence-electron chi connectivity index (χ2n) is 4.98. The number of furan rings is 1. The van der Waals surface area contributed by atoms with E-state index in [1.54, 1.807) is 0 Å². The number of hydrogen-bond acceptors (Lipinski definition) is 5. The van der Waals surface area contributed by atoms with Crippen LogP contribution < -0.4 is 10.9 Å². The van der Waals surface area contributed by atoms with Gasteiger partial charge in [0.05, 0.1) is 0 Å². The lowest BCUT2D eigenvalue weighted by Gasteiger charge is -2.20. The molecule has 0 radical (unpaired) electrons. The minimum absolute atomic E-state index is 0. The van der Waals surface area contributed by atoms with E-state index in [-0.39, 0.29) is 18.2 Å². The van der Waals surface area contributed by atoms with Gasteiger partial charge in [-0.1, -0.05) is 30.3 Å². The Morgan fingerprint density at radius 3 is 2.29 bits per heavy atom. The SMILES string of the molecule is Cl.NCCN(CCc1ccccc1)C(=O)c1ccc(S(N)(=O)=O)o1. The van der Waals surface area contributed by atoms with Gasteiger partial charge in [0.2, 0.25) is 5.09 Å². The maximum absolute atomic E-state index is 12.4. The van der Waals surface area contributed by atoms with Crippen molar-refractivity contribution in [3.63, 3.8) is 0 Å².